The topological polar surface area (TPSA) is 92.0 Å². The second-order valence-corrected chi connectivity index (χ2v) is 7.59. The van der Waals surface area contributed by atoms with Crippen LogP contribution in [-0.2, 0) is 27.5 Å². The van der Waals surface area contributed by atoms with Crippen LogP contribution in [0.25, 0.3) is 0 Å². The third kappa shape index (κ3) is 5.69. The van der Waals surface area contributed by atoms with E-state index >= 15 is 0 Å². The minimum absolute atomic E-state index is 0.0221. The van der Waals surface area contributed by atoms with Gasteiger partial charge in [0.25, 0.3) is 10.1 Å². The molecule has 7 nitrogen and oxygen atoms in total. The Morgan fingerprint density at radius 1 is 0.931 bits per heavy atom. The Balaban J connectivity index is 1.61. The molecule has 0 bridgehead atoms. The summed E-state index contributed by atoms with van der Waals surface area (Å²) in [6.07, 6.45) is 1.15. The van der Waals surface area contributed by atoms with Gasteiger partial charge in [0.15, 0.2) is 0 Å². The molecule has 8 heteroatoms. The molecule has 0 aliphatic heterocycles. The average molecular weight is 416 g/mol. The van der Waals surface area contributed by atoms with Crippen molar-refractivity contribution in [3.05, 3.63) is 88.5 Å². The summed E-state index contributed by atoms with van der Waals surface area (Å²) in [5.41, 5.74) is 0.477. The first kappa shape index (κ1) is 20.6. The molecule has 0 fully saturated rings. The van der Waals surface area contributed by atoms with E-state index in [2.05, 4.69) is 0 Å². The molecule has 0 radical (unpaired) electrons. The van der Waals surface area contributed by atoms with E-state index in [4.69, 9.17) is 18.1 Å². The maximum Gasteiger partial charge on any atom is 0.297 e. The Labute approximate surface area is 168 Å². The molecular formula is C21H20O7S. The summed E-state index contributed by atoms with van der Waals surface area (Å²) in [5.74, 6) is 0.659. The van der Waals surface area contributed by atoms with Gasteiger partial charge in [-0.2, -0.15) is 8.42 Å². The summed E-state index contributed by atoms with van der Waals surface area (Å²) < 4.78 is 45.5. The molecule has 1 heterocycles. The second kappa shape index (κ2) is 9.40. The van der Waals surface area contributed by atoms with Gasteiger partial charge in [-0.05, 0) is 36.8 Å². The van der Waals surface area contributed by atoms with Crippen molar-refractivity contribution >= 4 is 10.1 Å². The van der Waals surface area contributed by atoms with Crippen LogP contribution in [0, 0.1) is 0 Å². The van der Waals surface area contributed by atoms with Gasteiger partial charge >= 0.3 is 0 Å². The highest BCUT2D eigenvalue weighted by molar-refractivity contribution is 7.86. The molecule has 0 N–H and O–H groups in total. The fourth-order valence-electron chi connectivity index (χ4n) is 2.43. The van der Waals surface area contributed by atoms with Gasteiger partial charge in [-0.3, -0.25) is 8.98 Å². The van der Waals surface area contributed by atoms with E-state index in [0.717, 1.165) is 17.9 Å². The molecule has 152 valence electrons. The molecule has 3 aromatic rings. The van der Waals surface area contributed by atoms with E-state index in [1.54, 1.807) is 12.1 Å². The van der Waals surface area contributed by atoms with Gasteiger partial charge in [-0.1, -0.05) is 30.3 Å². The summed E-state index contributed by atoms with van der Waals surface area (Å²) in [7, 11) is -4.01. The molecule has 0 aliphatic rings. The van der Waals surface area contributed by atoms with Gasteiger partial charge in [-0.25, -0.2) is 0 Å². The van der Waals surface area contributed by atoms with Crippen LogP contribution in [0.5, 0.6) is 11.5 Å². The number of benzene rings is 2. The van der Waals surface area contributed by atoms with Crippen molar-refractivity contribution in [1.82, 2.24) is 0 Å². The van der Waals surface area contributed by atoms with Crippen LogP contribution in [0.15, 0.2) is 81.0 Å². The molecule has 0 saturated carbocycles. The molecule has 0 atom stereocenters. The zero-order valence-electron chi connectivity index (χ0n) is 15.7. The van der Waals surface area contributed by atoms with Crippen molar-refractivity contribution in [2.24, 2.45) is 0 Å². The lowest BCUT2D eigenvalue weighted by Gasteiger charge is -2.08. The molecule has 2 aromatic carbocycles. The highest BCUT2D eigenvalue weighted by Crippen LogP contribution is 2.19. The van der Waals surface area contributed by atoms with Gasteiger partial charge in [0.2, 0.25) is 11.2 Å². The average Bonchev–Trinajstić information content (AvgIpc) is 2.73. The number of hydrogen-bond acceptors (Lipinski definition) is 7. The van der Waals surface area contributed by atoms with Crippen molar-refractivity contribution < 1.29 is 26.5 Å². The Morgan fingerprint density at radius 3 is 2.31 bits per heavy atom. The van der Waals surface area contributed by atoms with E-state index in [-0.39, 0.29) is 23.0 Å². The summed E-state index contributed by atoms with van der Waals surface area (Å²) in [6.45, 7) is 2.11. The van der Waals surface area contributed by atoms with Crippen molar-refractivity contribution in [1.29, 1.82) is 0 Å². The fourth-order valence-corrected chi connectivity index (χ4v) is 3.30. The summed E-state index contributed by atoms with van der Waals surface area (Å²) in [4.78, 5) is 12.1. The van der Waals surface area contributed by atoms with E-state index in [1.807, 2.05) is 37.3 Å². The van der Waals surface area contributed by atoms with E-state index < -0.39 is 22.2 Å². The number of rotatable bonds is 9. The molecule has 0 aliphatic carbocycles. The zero-order chi connectivity index (χ0) is 20.7. The Morgan fingerprint density at radius 2 is 1.66 bits per heavy atom. The van der Waals surface area contributed by atoms with Crippen LogP contribution >= 0.6 is 0 Å². The predicted molar refractivity (Wildman–Crippen MR) is 105 cm³/mol. The lowest BCUT2D eigenvalue weighted by Crippen LogP contribution is -2.10. The molecule has 0 unspecified atom stereocenters. The lowest BCUT2D eigenvalue weighted by molar-refractivity contribution is 0.257. The maximum absolute atomic E-state index is 12.3. The predicted octanol–water partition coefficient (Wildman–Crippen LogP) is 3.52. The van der Waals surface area contributed by atoms with E-state index in [0.29, 0.717) is 12.4 Å². The maximum atomic E-state index is 12.3. The Kier molecular flexibility index (Phi) is 6.69. The van der Waals surface area contributed by atoms with Crippen LogP contribution in [0.3, 0.4) is 0 Å². The molecule has 0 amide bonds. The van der Waals surface area contributed by atoms with Crippen molar-refractivity contribution in [3.63, 3.8) is 0 Å². The molecule has 0 spiro atoms. The third-order valence-corrected chi connectivity index (χ3v) is 5.15. The normalized spacial score (nSPS) is 11.2. The van der Waals surface area contributed by atoms with Crippen molar-refractivity contribution in [2.45, 2.75) is 25.0 Å². The Hall–Kier alpha value is -3.10. The minimum atomic E-state index is -4.01. The van der Waals surface area contributed by atoms with Crippen LogP contribution in [0.1, 0.15) is 18.2 Å². The van der Waals surface area contributed by atoms with Gasteiger partial charge in [0.1, 0.15) is 31.0 Å². The smallest absolute Gasteiger partial charge is 0.297 e. The van der Waals surface area contributed by atoms with Gasteiger partial charge in [0.05, 0.1) is 11.5 Å². The van der Waals surface area contributed by atoms with Crippen molar-refractivity contribution in [3.8, 4) is 11.5 Å². The highest BCUT2D eigenvalue weighted by atomic mass is 32.2. The zero-order valence-corrected chi connectivity index (χ0v) is 16.6. The van der Waals surface area contributed by atoms with Crippen LogP contribution in [-0.4, -0.2) is 15.0 Å². The largest absolute Gasteiger partial charge is 0.494 e. The molecule has 3 rings (SSSR count). The van der Waals surface area contributed by atoms with Crippen molar-refractivity contribution in [2.75, 3.05) is 6.61 Å². The monoisotopic (exact) mass is 416 g/mol. The summed E-state index contributed by atoms with van der Waals surface area (Å²) >= 11 is 0. The number of ether oxygens (including phenoxy) is 2. The molecule has 1 aromatic heterocycles. The highest BCUT2D eigenvalue weighted by Gasteiger charge is 2.17. The first-order valence-electron chi connectivity index (χ1n) is 8.88. The quantitative estimate of drug-likeness (QED) is 0.493. The van der Waals surface area contributed by atoms with E-state index in [1.165, 1.54) is 12.1 Å². The van der Waals surface area contributed by atoms with E-state index in [9.17, 15) is 13.2 Å². The first-order valence-corrected chi connectivity index (χ1v) is 10.3. The van der Waals surface area contributed by atoms with Crippen LogP contribution in [0.2, 0.25) is 0 Å². The first-order chi connectivity index (χ1) is 14.0. The van der Waals surface area contributed by atoms with Crippen LogP contribution in [0.4, 0.5) is 0 Å². The molecular weight excluding hydrogens is 396 g/mol. The minimum Gasteiger partial charge on any atom is -0.494 e. The third-order valence-electron chi connectivity index (χ3n) is 3.87. The van der Waals surface area contributed by atoms with Gasteiger partial charge in [0, 0.05) is 6.07 Å². The number of hydrogen-bond donors (Lipinski definition) is 0. The van der Waals surface area contributed by atoms with Gasteiger partial charge < -0.3 is 13.9 Å². The SMILES string of the molecule is CCOc1ccc(S(=O)(=O)OCc2cc(=O)c(OCc3ccccc3)co2)cc1. The second-order valence-electron chi connectivity index (χ2n) is 5.97. The summed E-state index contributed by atoms with van der Waals surface area (Å²) in [6, 6.07) is 16.4. The van der Waals surface area contributed by atoms with Gasteiger partial charge in [-0.15, -0.1) is 0 Å². The summed E-state index contributed by atoms with van der Waals surface area (Å²) in [5, 5.41) is 0. The molecule has 29 heavy (non-hydrogen) atoms. The molecule has 0 saturated heterocycles. The standard InChI is InChI=1S/C21H20O7S/c1-2-25-17-8-10-19(11-9-17)29(23,24)28-14-18-12-20(22)21(15-26-18)27-13-16-6-4-3-5-7-16/h3-12,15H,2,13-14H2,1H3. The van der Waals surface area contributed by atoms with Crippen LogP contribution < -0.4 is 14.9 Å². The lowest BCUT2D eigenvalue weighted by atomic mass is 10.2. The Bertz CT molecular complexity index is 1090. The fraction of sp³-hybridized carbons (Fsp3) is 0.190.